The van der Waals surface area contributed by atoms with Gasteiger partial charge in [0.2, 0.25) is 0 Å². The fourth-order valence-corrected chi connectivity index (χ4v) is 2.38. The number of carbonyl (C=O) groups is 1. The lowest BCUT2D eigenvalue weighted by Crippen LogP contribution is -2.34. The van der Waals surface area contributed by atoms with Gasteiger partial charge < -0.3 is 10.2 Å². The molecule has 2 amide bonds. The van der Waals surface area contributed by atoms with E-state index in [-0.39, 0.29) is 6.03 Å². The highest BCUT2D eigenvalue weighted by Crippen LogP contribution is 2.14. The minimum absolute atomic E-state index is 0.173. The van der Waals surface area contributed by atoms with Gasteiger partial charge in [-0.2, -0.15) is 0 Å². The summed E-state index contributed by atoms with van der Waals surface area (Å²) in [6, 6.07) is 5.41. The third kappa shape index (κ3) is 4.21. The molecule has 2 heterocycles. The van der Waals surface area contributed by atoms with Gasteiger partial charge in [0.1, 0.15) is 5.82 Å². The van der Waals surface area contributed by atoms with Crippen LogP contribution in [0.1, 0.15) is 19.0 Å². The van der Waals surface area contributed by atoms with Crippen LogP contribution in [-0.4, -0.2) is 42.1 Å². The fourth-order valence-electron chi connectivity index (χ4n) is 2.38. The number of rotatable bonds is 4. The topological polar surface area (TPSA) is 57.3 Å². The first-order valence-electron chi connectivity index (χ1n) is 6.88. The summed E-state index contributed by atoms with van der Waals surface area (Å²) in [5.41, 5.74) is 0.896. The van der Waals surface area contributed by atoms with Crippen molar-refractivity contribution < 1.29 is 4.79 Å². The number of anilines is 1. The molecular weight excluding hydrogens is 240 g/mol. The predicted octanol–water partition coefficient (Wildman–Crippen LogP) is 1.85. The molecule has 5 nitrogen and oxygen atoms in total. The average Bonchev–Trinajstić information content (AvgIpc) is 2.84. The summed E-state index contributed by atoms with van der Waals surface area (Å²) in [5, 5.41) is 5.68. The molecule has 1 aliphatic heterocycles. The smallest absolute Gasteiger partial charge is 0.320 e. The maximum absolute atomic E-state index is 11.8. The minimum atomic E-state index is -0.173. The lowest BCUT2D eigenvalue weighted by molar-refractivity contribution is 0.249. The lowest BCUT2D eigenvalue weighted by Gasteiger charge is -2.14. The average molecular weight is 262 g/mol. The number of amides is 2. The number of likely N-dealkylation sites (tertiary alicyclic amines) is 1. The number of nitrogens with zero attached hydrogens (tertiary/aromatic N) is 2. The van der Waals surface area contributed by atoms with E-state index in [0.29, 0.717) is 11.7 Å². The zero-order valence-corrected chi connectivity index (χ0v) is 11.6. The van der Waals surface area contributed by atoms with Crippen LogP contribution in [0, 0.1) is 12.8 Å². The van der Waals surface area contributed by atoms with Crippen molar-refractivity contribution in [1.29, 1.82) is 0 Å². The van der Waals surface area contributed by atoms with E-state index in [2.05, 4.69) is 27.4 Å². The van der Waals surface area contributed by atoms with Gasteiger partial charge in [-0.05, 0) is 44.5 Å². The van der Waals surface area contributed by atoms with Crippen LogP contribution in [0.2, 0.25) is 0 Å². The van der Waals surface area contributed by atoms with Gasteiger partial charge >= 0.3 is 6.03 Å². The highest BCUT2D eigenvalue weighted by Gasteiger charge is 2.21. The summed E-state index contributed by atoms with van der Waals surface area (Å²) in [4.78, 5) is 18.4. The van der Waals surface area contributed by atoms with Crippen molar-refractivity contribution in [3.8, 4) is 0 Å². The molecule has 1 fully saturated rings. The van der Waals surface area contributed by atoms with Crippen molar-refractivity contribution in [2.75, 3.05) is 31.5 Å². The Balaban J connectivity index is 1.73. The maximum atomic E-state index is 11.8. The first-order valence-corrected chi connectivity index (χ1v) is 6.88. The first-order chi connectivity index (χ1) is 9.17. The number of hydrogen-bond donors (Lipinski definition) is 2. The number of nitrogens with one attached hydrogen (secondary N) is 2. The Morgan fingerprint density at radius 2 is 2.37 bits per heavy atom. The minimum Gasteiger partial charge on any atom is -0.338 e. The summed E-state index contributed by atoms with van der Waals surface area (Å²) >= 11 is 0. The van der Waals surface area contributed by atoms with Gasteiger partial charge in [0.25, 0.3) is 0 Å². The van der Waals surface area contributed by atoms with Crippen LogP contribution in [-0.2, 0) is 0 Å². The zero-order chi connectivity index (χ0) is 13.7. The molecule has 1 aromatic rings. The van der Waals surface area contributed by atoms with E-state index in [0.717, 1.165) is 38.3 Å². The Bertz CT molecular complexity index is 435. The Kier molecular flexibility index (Phi) is 4.74. The highest BCUT2D eigenvalue weighted by atomic mass is 16.2. The van der Waals surface area contributed by atoms with E-state index in [9.17, 15) is 4.79 Å². The molecule has 0 bridgehead atoms. The number of urea groups is 1. The third-order valence-electron chi connectivity index (χ3n) is 3.50. The Morgan fingerprint density at radius 1 is 1.53 bits per heavy atom. The summed E-state index contributed by atoms with van der Waals surface area (Å²) < 4.78 is 0. The summed E-state index contributed by atoms with van der Waals surface area (Å²) in [6.45, 7) is 8.13. The molecule has 2 N–H and O–H groups in total. The molecule has 5 heteroatoms. The van der Waals surface area contributed by atoms with Crippen molar-refractivity contribution in [3.05, 3.63) is 23.9 Å². The molecule has 0 aromatic carbocycles. The van der Waals surface area contributed by atoms with E-state index in [1.54, 1.807) is 6.07 Å². The van der Waals surface area contributed by atoms with Crippen molar-refractivity contribution in [1.82, 2.24) is 15.2 Å². The molecule has 0 saturated carbocycles. The van der Waals surface area contributed by atoms with E-state index in [1.165, 1.54) is 0 Å². The van der Waals surface area contributed by atoms with E-state index in [4.69, 9.17) is 0 Å². The molecule has 19 heavy (non-hydrogen) atoms. The molecule has 1 aromatic heterocycles. The van der Waals surface area contributed by atoms with Crippen LogP contribution in [0.3, 0.4) is 0 Å². The molecule has 0 spiro atoms. The monoisotopic (exact) mass is 262 g/mol. The maximum Gasteiger partial charge on any atom is 0.320 e. The van der Waals surface area contributed by atoms with Crippen molar-refractivity contribution in [2.45, 2.75) is 20.3 Å². The van der Waals surface area contributed by atoms with Gasteiger partial charge in [-0.3, -0.25) is 5.32 Å². The molecule has 1 atom stereocenters. The molecule has 104 valence electrons. The molecular formula is C14H22N4O. The highest BCUT2D eigenvalue weighted by molar-refractivity contribution is 5.88. The number of carbonyl (C=O) groups excluding carboxylic acids is 1. The second-order valence-electron chi connectivity index (χ2n) is 5.05. The van der Waals surface area contributed by atoms with Gasteiger partial charge in [0, 0.05) is 18.8 Å². The van der Waals surface area contributed by atoms with Crippen LogP contribution in [0.5, 0.6) is 0 Å². The van der Waals surface area contributed by atoms with E-state index in [1.807, 2.05) is 19.1 Å². The normalized spacial score (nSPS) is 19.4. The Morgan fingerprint density at radius 3 is 3.05 bits per heavy atom. The van der Waals surface area contributed by atoms with Crippen LogP contribution in [0.4, 0.5) is 10.6 Å². The largest absolute Gasteiger partial charge is 0.338 e. The standard InChI is InChI=1S/C14H22N4O/c1-3-18-8-7-12(10-18)9-15-14(19)17-13-6-4-5-11(2)16-13/h4-6,12H,3,7-10H2,1-2H3,(H2,15,16,17,19)/t12-/m1/s1. The van der Waals surface area contributed by atoms with E-state index < -0.39 is 0 Å². The Hall–Kier alpha value is -1.62. The molecule has 1 aliphatic rings. The molecule has 2 rings (SSSR count). The molecule has 0 unspecified atom stereocenters. The number of aromatic nitrogens is 1. The van der Waals surface area contributed by atoms with Gasteiger partial charge in [0.05, 0.1) is 0 Å². The van der Waals surface area contributed by atoms with Gasteiger partial charge in [-0.15, -0.1) is 0 Å². The number of hydrogen-bond acceptors (Lipinski definition) is 3. The fraction of sp³-hybridized carbons (Fsp3) is 0.571. The Labute approximate surface area is 114 Å². The summed E-state index contributed by atoms with van der Waals surface area (Å²) in [7, 11) is 0. The van der Waals surface area contributed by atoms with Crippen LogP contribution in [0.25, 0.3) is 0 Å². The predicted molar refractivity (Wildman–Crippen MR) is 76.2 cm³/mol. The van der Waals surface area contributed by atoms with Crippen molar-refractivity contribution >= 4 is 11.8 Å². The molecule has 1 saturated heterocycles. The first kappa shape index (κ1) is 13.8. The molecule has 0 radical (unpaired) electrons. The van der Waals surface area contributed by atoms with Gasteiger partial charge in [-0.25, -0.2) is 9.78 Å². The van der Waals surface area contributed by atoms with Crippen molar-refractivity contribution in [3.63, 3.8) is 0 Å². The number of pyridine rings is 1. The van der Waals surface area contributed by atoms with Gasteiger partial charge in [-0.1, -0.05) is 13.0 Å². The van der Waals surface area contributed by atoms with Crippen molar-refractivity contribution in [2.24, 2.45) is 5.92 Å². The quantitative estimate of drug-likeness (QED) is 0.870. The summed E-state index contributed by atoms with van der Waals surface area (Å²) in [6.07, 6.45) is 1.16. The van der Waals surface area contributed by atoms with Crippen LogP contribution in [0.15, 0.2) is 18.2 Å². The van der Waals surface area contributed by atoms with Crippen LogP contribution >= 0.6 is 0 Å². The zero-order valence-electron chi connectivity index (χ0n) is 11.6. The number of aryl methyl sites for hydroxylation is 1. The summed E-state index contributed by atoms with van der Waals surface area (Å²) in [5.74, 6) is 1.16. The lowest BCUT2D eigenvalue weighted by atomic mass is 10.1. The van der Waals surface area contributed by atoms with Crippen LogP contribution < -0.4 is 10.6 Å². The third-order valence-corrected chi connectivity index (χ3v) is 3.50. The SMILES string of the molecule is CCN1CC[C@H](CNC(=O)Nc2cccc(C)n2)C1. The second kappa shape index (κ2) is 6.52. The molecule has 0 aliphatic carbocycles. The second-order valence-corrected chi connectivity index (χ2v) is 5.05. The van der Waals surface area contributed by atoms with E-state index >= 15 is 0 Å². The van der Waals surface area contributed by atoms with Gasteiger partial charge in [0.15, 0.2) is 0 Å².